The highest BCUT2D eigenvalue weighted by Gasteiger charge is 2.15. The van der Waals surface area contributed by atoms with Gasteiger partial charge in [0.15, 0.2) is 11.5 Å². The van der Waals surface area contributed by atoms with Crippen molar-refractivity contribution >= 4 is 17.2 Å². The number of rotatable bonds is 4. The molecule has 0 amide bonds. The van der Waals surface area contributed by atoms with Gasteiger partial charge in [0.25, 0.3) is 0 Å². The molecule has 1 N–H and O–H groups in total. The monoisotopic (exact) mass is 354 g/mol. The van der Waals surface area contributed by atoms with E-state index in [1.54, 1.807) is 15.4 Å². The third-order valence-electron chi connectivity index (χ3n) is 3.82. The Morgan fingerprint density at radius 2 is 1.88 bits per heavy atom. The molecule has 7 nitrogen and oxygen atoms in total. The van der Waals surface area contributed by atoms with E-state index in [1.165, 1.54) is 0 Å². The van der Waals surface area contributed by atoms with Crippen LogP contribution in [0.5, 0.6) is 0 Å². The Morgan fingerprint density at radius 3 is 2.56 bits per heavy atom. The van der Waals surface area contributed by atoms with E-state index in [0.29, 0.717) is 28.6 Å². The number of hydrogen-bond acceptors (Lipinski definition) is 5. The lowest BCUT2D eigenvalue weighted by molar-refractivity contribution is 0.296. The topological polar surface area (TPSA) is 81.1 Å². The summed E-state index contributed by atoms with van der Waals surface area (Å²) in [6.45, 7) is -0.00339. The molecule has 1 aromatic carbocycles. The normalized spacial score (nSPS) is 11.3. The maximum atomic E-state index is 9.16. The van der Waals surface area contributed by atoms with E-state index in [4.69, 9.17) is 21.7 Å². The van der Waals surface area contributed by atoms with Crippen molar-refractivity contribution in [2.75, 3.05) is 6.61 Å². The first kappa shape index (κ1) is 15.7. The molecule has 3 aromatic heterocycles. The van der Waals surface area contributed by atoms with Gasteiger partial charge in [-0.15, -0.1) is 0 Å². The summed E-state index contributed by atoms with van der Waals surface area (Å²) in [5.41, 5.74) is 3.86. The van der Waals surface area contributed by atoms with E-state index in [0.717, 1.165) is 16.8 Å². The Morgan fingerprint density at radius 1 is 1.08 bits per heavy atom. The third kappa shape index (κ3) is 2.99. The van der Waals surface area contributed by atoms with Crippen LogP contribution in [0.15, 0.2) is 42.9 Å². The fourth-order valence-electron chi connectivity index (χ4n) is 2.64. The van der Waals surface area contributed by atoms with Gasteiger partial charge in [0.05, 0.1) is 24.7 Å². The van der Waals surface area contributed by atoms with Crippen molar-refractivity contribution in [3.63, 3.8) is 0 Å². The van der Waals surface area contributed by atoms with Gasteiger partial charge in [0.2, 0.25) is 0 Å². The summed E-state index contributed by atoms with van der Waals surface area (Å²) in [5.74, 6) is 0.572. The minimum atomic E-state index is -0.00339. The lowest BCUT2D eigenvalue weighted by Crippen LogP contribution is -1.97. The molecule has 0 spiro atoms. The Hall–Kier alpha value is -2.77. The van der Waals surface area contributed by atoms with Gasteiger partial charge in [-0.1, -0.05) is 23.7 Å². The van der Waals surface area contributed by atoms with Crippen LogP contribution in [0.1, 0.15) is 5.82 Å². The molecule has 0 saturated carbocycles. The second-order valence-corrected chi connectivity index (χ2v) is 6.09. The molecular formula is C17H15ClN6O. The fourth-order valence-corrected chi connectivity index (χ4v) is 2.76. The quantitative estimate of drug-likeness (QED) is 0.608. The fraction of sp³-hybridized carbons (Fsp3) is 0.176. The summed E-state index contributed by atoms with van der Waals surface area (Å²) < 4.78 is 3.41. The first-order valence-corrected chi connectivity index (χ1v) is 8.14. The van der Waals surface area contributed by atoms with Gasteiger partial charge in [-0.2, -0.15) is 10.2 Å². The molecule has 4 rings (SSSR count). The highest BCUT2D eigenvalue weighted by atomic mass is 35.5. The molecule has 25 heavy (non-hydrogen) atoms. The Balaban J connectivity index is 1.94. The largest absolute Gasteiger partial charge is 0.396 e. The molecule has 126 valence electrons. The minimum Gasteiger partial charge on any atom is -0.396 e. The van der Waals surface area contributed by atoms with E-state index in [-0.39, 0.29) is 6.61 Å². The van der Waals surface area contributed by atoms with Crippen LogP contribution in [-0.2, 0) is 13.5 Å². The lowest BCUT2D eigenvalue weighted by atomic mass is 10.1. The summed E-state index contributed by atoms with van der Waals surface area (Å²) in [6.07, 6.45) is 5.85. The van der Waals surface area contributed by atoms with Gasteiger partial charge in [-0.25, -0.2) is 14.5 Å². The van der Waals surface area contributed by atoms with Crippen molar-refractivity contribution < 1.29 is 5.11 Å². The van der Waals surface area contributed by atoms with Crippen molar-refractivity contribution in [3.8, 4) is 22.5 Å². The van der Waals surface area contributed by atoms with Crippen molar-refractivity contribution in [1.29, 1.82) is 0 Å². The number of benzene rings is 1. The molecule has 0 unspecified atom stereocenters. The zero-order valence-electron chi connectivity index (χ0n) is 13.5. The summed E-state index contributed by atoms with van der Waals surface area (Å²) in [6, 6.07) is 7.47. The molecule has 4 aromatic rings. The molecule has 0 saturated heterocycles. The van der Waals surface area contributed by atoms with Crippen LogP contribution in [-0.4, -0.2) is 41.1 Å². The molecular weight excluding hydrogens is 340 g/mol. The smallest absolute Gasteiger partial charge is 0.182 e. The second kappa shape index (κ2) is 6.27. The van der Waals surface area contributed by atoms with Crippen LogP contribution in [0.3, 0.4) is 0 Å². The Labute approximate surface area is 148 Å². The summed E-state index contributed by atoms with van der Waals surface area (Å²) >= 11 is 5.98. The molecule has 0 atom stereocenters. The van der Waals surface area contributed by atoms with Crippen LogP contribution >= 0.6 is 11.6 Å². The van der Waals surface area contributed by atoms with Crippen LogP contribution in [0.25, 0.3) is 28.2 Å². The highest BCUT2D eigenvalue weighted by Crippen LogP contribution is 2.26. The number of hydrogen-bond donors (Lipinski definition) is 1. The summed E-state index contributed by atoms with van der Waals surface area (Å²) in [7, 11) is 1.85. The molecule has 0 aliphatic rings. The summed E-state index contributed by atoms with van der Waals surface area (Å²) in [5, 5.41) is 18.5. The highest BCUT2D eigenvalue weighted by molar-refractivity contribution is 6.30. The molecule has 0 radical (unpaired) electrons. The SMILES string of the molecule is Cn1cc(-c2nc(-c3ccc(Cl)cc3)cn3nc(CCO)nc23)cn1. The predicted octanol–water partition coefficient (Wildman–Crippen LogP) is 2.38. The number of fused-ring (bicyclic) bond motifs is 1. The van der Waals surface area contributed by atoms with E-state index >= 15 is 0 Å². The number of nitrogens with zero attached hydrogens (tertiary/aromatic N) is 6. The number of aliphatic hydroxyl groups is 1. The van der Waals surface area contributed by atoms with Crippen LogP contribution in [0.2, 0.25) is 5.02 Å². The maximum absolute atomic E-state index is 9.16. The minimum absolute atomic E-state index is 0.00339. The van der Waals surface area contributed by atoms with Crippen LogP contribution in [0, 0.1) is 0 Å². The van der Waals surface area contributed by atoms with Crippen LogP contribution < -0.4 is 0 Å². The molecule has 0 aliphatic carbocycles. The van der Waals surface area contributed by atoms with Crippen molar-refractivity contribution in [3.05, 3.63) is 53.7 Å². The molecule has 8 heteroatoms. The zero-order chi connectivity index (χ0) is 17.4. The van der Waals surface area contributed by atoms with Gasteiger partial charge in [0, 0.05) is 35.8 Å². The van der Waals surface area contributed by atoms with E-state index < -0.39 is 0 Å². The van der Waals surface area contributed by atoms with Gasteiger partial charge in [-0.05, 0) is 12.1 Å². The predicted molar refractivity (Wildman–Crippen MR) is 94.2 cm³/mol. The Bertz CT molecular complexity index is 1040. The molecule has 3 heterocycles. The average molecular weight is 355 g/mol. The first-order valence-electron chi connectivity index (χ1n) is 7.76. The zero-order valence-corrected chi connectivity index (χ0v) is 14.2. The number of aryl methyl sites for hydroxylation is 1. The van der Waals surface area contributed by atoms with Gasteiger partial charge >= 0.3 is 0 Å². The summed E-state index contributed by atoms with van der Waals surface area (Å²) in [4.78, 5) is 9.28. The molecule has 0 bridgehead atoms. The van der Waals surface area contributed by atoms with E-state index in [9.17, 15) is 0 Å². The number of aliphatic hydroxyl groups excluding tert-OH is 1. The van der Waals surface area contributed by atoms with Crippen molar-refractivity contribution in [2.45, 2.75) is 6.42 Å². The van der Waals surface area contributed by atoms with Gasteiger partial charge < -0.3 is 5.11 Å². The van der Waals surface area contributed by atoms with Crippen molar-refractivity contribution in [1.82, 2.24) is 29.4 Å². The number of halogens is 1. The standard InChI is InChI=1S/C17H15ClN6O/c1-23-9-12(8-19-23)16-17-21-15(6-7-25)22-24(17)10-14(20-16)11-2-4-13(18)5-3-11/h2-5,8-10,25H,6-7H2,1H3. The average Bonchev–Trinajstić information content (AvgIpc) is 3.20. The van der Waals surface area contributed by atoms with Gasteiger partial charge in [-0.3, -0.25) is 4.68 Å². The number of aromatic nitrogens is 6. The Kier molecular flexibility index (Phi) is 3.95. The second-order valence-electron chi connectivity index (χ2n) is 5.65. The first-order chi connectivity index (χ1) is 12.1. The lowest BCUT2D eigenvalue weighted by Gasteiger charge is -2.05. The molecule has 0 aliphatic heterocycles. The maximum Gasteiger partial charge on any atom is 0.182 e. The molecule has 0 fully saturated rings. The third-order valence-corrected chi connectivity index (χ3v) is 4.07. The van der Waals surface area contributed by atoms with E-state index in [1.807, 2.05) is 43.7 Å². The van der Waals surface area contributed by atoms with Crippen molar-refractivity contribution in [2.24, 2.45) is 7.05 Å². The van der Waals surface area contributed by atoms with Gasteiger partial charge in [0.1, 0.15) is 5.69 Å². The van der Waals surface area contributed by atoms with E-state index in [2.05, 4.69) is 15.2 Å². The van der Waals surface area contributed by atoms with Crippen LogP contribution in [0.4, 0.5) is 0 Å².